The van der Waals surface area contributed by atoms with Crippen molar-refractivity contribution >= 4 is 33.7 Å². The molecule has 0 aromatic rings. The van der Waals surface area contributed by atoms with Crippen LogP contribution in [0.5, 0.6) is 0 Å². The largest absolute Gasteiger partial charge is 0.480 e. The van der Waals surface area contributed by atoms with Crippen molar-refractivity contribution in [3.8, 4) is 0 Å². The standard InChI is InChI=1S/C30H52N4O7S/c1-5-6-7-8-9-10-12-16-23(27(37)38)32-26(36)24-17-15-20-34(24)25(35)21-31-28(39)33-30(18-13-11-14-19-30)22-42(40,41)29(2,3)4/h9-10,23-24H,5-8,11-22H2,1-4H3,(H,32,36)(H,37,38)(H2,31,33,39)/b10-9-/t23-,24-/m0/s1. The van der Waals surface area contributed by atoms with Gasteiger partial charge in [-0.15, -0.1) is 0 Å². The molecule has 1 aliphatic heterocycles. The molecule has 0 aromatic carbocycles. The van der Waals surface area contributed by atoms with Gasteiger partial charge >= 0.3 is 12.0 Å². The molecule has 1 heterocycles. The van der Waals surface area contributed by atoms with E-state index in [-0.39, 0.29) is 18.7 Å². The molecule has 42 heavy (non-hydrogen) atoms. The first-order chi connectivity index (χ1) is 19.7. The molecule has 2 fully saturated rings. The maximum absolute atomic E-state index is 13.0. The van der Waals surface area contributed by atoms with Gasteiger partial charge < -0.3 is 26.0 Å². The molecule has 1 saturated heterocycles. The Hall–Kier alpha value is -2.63. The number of carboxylic acids is 1. The molecule has 0 radical (unpaired) electrons. The van der Waals surface area contributed by atoms with Crippen molar-refractivity contribution in [2.75, 3.05) is 18.8 Å². The van der Waals surface area contributed by atoms with E-state index in [9.17, 15) is 32.7 Å². The van der Waals surface area contributed by atoms with Crippen molar-refractivity contribution in [1.29, 1.82) is 0 Å². The molecule has 2 rings (SSSR count). The van der Waals surface area contributed by atoms with Crippen LogP contribution in [0.1, 0.15) is 111 Å². The third-order valence-electron chi connectivity index (χ3n) is 8.24. The minimum absolute atomic E-state index is 0.168. The molecular formula is C30H52N4O7S. The lowest BCUT2D eigenvalue weighted by atomic mass is 9.83. The van der Waals surface area contributed by atoms with Gasteiger partial charge in [0.25, 0.3) is 0 Å². The van der Waals surface area contributed by atoms with Crippen molar-refractivity contribution in [3.63, 3.8) is 0 Å². The Morgan fingerprint density at radius 1 is 1.02 bits per heavy atom. The molecule has 12 heteroatoms. The molecule has 2 atom stereocenters. The number of sulfone groups is 1. The van der Waals surface area contributed by atoms with Gasteiger partial charge in [0.15, 0.2) is 9.84 Å². The summed E-state index contributed by atoms with van der Waals surface area (Å²) in [7, 11) is -3.50. The maximum atomic E-state index is 13.0. The minimum atomic E-state index is -3.50. The van der Waals surface area contributed by atoms with E-state index in [1.54, 1.807) is 20.8 Å². The van der Waals surface area contributed by atoms with Crippen LogP contribution in [0.3, 0.4) is 0 Å². The van der Waals surface area contributed by atoms with Crippen molar-refractivity contribution < 1.29 is 32.7 Å². The molecule has 0 spiro atoms. The zero-order valence-electron chi connectivity index (χ0n) is 25.9. The quantitative estimate of drug-likeness (QED) is 0.162. The zero-order valence-corrected chi connectivity index (χ0v) is 26.7. The lowest BCUT2D eigenvalue weighted by Gasteiger charge is -2.39. The molecule has 4 N–H and O–H groups in total. The monoisotopic (exact) mass is 612 g/mol. The number of carbonyl (C=O) groups excluding carboxylic acids is 3. The summed E-state index contributed by atoms with van der Waals surface area (Å²) in [6.07, 6.45) is 13.7. The van der Waals surface area contributed by atoms with E-state index in [0.29, 0.717) is 38.6 Å². The Labute approximate surface area is 251 Å². The summed E-state index contributed by atoms with van der Waals surface area (Å²) in [5.74, 6) is -2.26. The van der Waals surface area contributed by atoms with Gasteiger partial charge in [0.05, 0.1) is 22.6 Å². The second-order valence-corrected chi connectivity index (χ2v) is 15.5. The number of amides is 4. The number of carboxylic acid groups (broad SMARTS) is 1. The van der Waals surface area contributed by atoms with E-state index in [1.807, 2.05) is 12.2 Å². The van der Waals surface area contributed by atoms with Crippen molar-refractivity contribution in [1.82, 2.24) is 20.9 Å². The number of allylic oxidation sites excluding steroid dienone is 2. The van der Waals surface area contributed by atoms with Gasteiger partial charge in [0.2, 0.25) is 11.8 Å². The summed E-state index contributed by atoms with van der Waals surface area (Å²) in [6, 6.07) is -2.49. The molecule has 11 nitrogen and oxygen atoms in total. The van der Waals surface area contributed by atoms with Gasteiger partial charge in [-0.1, -0.05) is 51.2 Å². The molecule has 2 aliphatic rings. The summed E-state index contributed by atoms with van der Waals surface area (Å²) in [5, 5.41) is 17.6. The number of carbonyl (C=O) groups is 4. The normalized spacial score (nSPS) is 19.8. The highest BCUT2D eigenvalue weighted by Crippen LogP contribution is 2.32. The number of hydrogen-bond donors (Lipinski definition) is 4. The predicted molar refractivity (Wildman–Crippen MR) is 163 cm³/mol. The Kier molecular flexibility index (Phi) is 13.8. The Morgan fingerprint density at radius 3 is 2.31 bits per heavy atom. The Bertz CT molecular complexity index is 1060. The smallest absolute Gasteiger partial charge is 0.326 e. The highest BCUT2D eigenvalue weighted by molar-refractivity contribution is 7.92. The molecular weight excluding hydrogens is 560 g/mol. The number of nitrogens with zero attached hydrogens (tertiary/aromatic N) is 1. The van der Waals surface area contributed by atoms with E-state index in [4.69, 9.17) is 0 Å². The Balaban J connectivity index is 1.92. The summed E-state index contributed by atoms with van der Waals surface area (Å²) >= 11 is 0. The molecule has 1 aliphatic carbocycles. The number of aliphatic carboxylic acids is 1. The van der Waals surface area contributed by atoms with Gasteiger partial charge in [-0.2, -0.15) is 0 Å². The van der Waals surface area contributed by atoms with E-state index in [0.717, 1.165) is 44.9 Å². The zero-order chi connectivity index (χ0) is 31.4. The number of unbranched alkanes of at least 4 members (excludes halogenated alkanes) is 3. The first-order valence-electron chi connectivity index (χ1n) is 15.5. The van der Waals surface area contributed by atoms with Crippen LogP contribution in [-0.2, 0) is 24.2 Å². The van der Waals surface area contributed by atoms with Crippen LogP contribution in [-0.4, -0.2) is 83.5 Å². The molecule has 1 saturated carbocycles. The van der Waals surface area contributed by atoms with Crippen LogP contribution in [0.4, 0.5) is 4.79 Å². The maximum Gasteiger partial charge on any atom is 0.326 e. The van der Waals surface area contributed by atoms with Crippen LogP contribution in [0.25, 0.3) is 0 Å². The van der Waals surface area contributed by atoms with Crippen molar-refractivity contribution in [2.24, 2.45) is 0 Å². The van der Waals surface area contributed by atoms with Crippen molar-refractivity contribution in [2.45, 2.75) is 134 Å². The number of rotatable bonds is 15. The lowest BCUT2D eigenvalue weighted by Crippen LogP contribution is -2.59. The average Bonchev–Trinajstić information content (AvgIpc) is 3.40. The third-order valence-corrected chi connectivity index (χ3v) is 11.0. The predicted octanol–water partition coefficient (Wildman–Crippen LogP) is 3.68. The van der Waals surface area contributed by atoms with Crippen LogP contribution >= 0.6 is 0 Å². The third kappa shape index (κ3) is 10.9. The van der Waals surface area contributed by atoms with Crippen LogP contribution in [0.2, 0.25) is 0 Å². The molecule has 240 valence electrons. The highest BCUT2D eigenvalue weighted by Gasteiger charge is 2.42. The van der Waals surface area contributed by atoms with Crippen LogP contribution < -0.4 is 16.0 Å². The SMILES string of the molecule is CCCCC/C=C\CC[C@H](NC(=O)[C@@H]1CCCN1C(=O)CNC(=O)NC1(CS(=O)(=O)C(C)(C)C)CCCCC1)C(=O)O. The number of urea groups is 1. The average molecular weight is 613 g/mol. The fourth-order valence-corrected chi connectivity index (χ4v) is 7.05. The summed E-state index contributed by atoms with van der Waals surface area (Å²) in [5.41, 5.74) is -0.899. The molecule has 4 amide bonds. The highest BCUT2D eigenvalue weighted by atomic mass is 32.2. The van der Waals surface area contributed by atoms with E-state index in [2.05, 4.69) is 22.9 Å². The van der Waals surface area contributed by atoms with E-state index >= 15 is 0 Å². The summed E-state index contributed by atoms with van der Waals surface area (Å²) in [6.45, 7) is 7.03. The topological polar surface area (TPSA) is 162 Å². The van der Waals surface area contributed by atoms with E-state index in [1.165, 1.54) is 4.90 Å². The number of nitrogens with one attached hydrogen (secondary N) is 3. The molecule has 0 unspecified atom stereocenters. The van der Waals surface area contributed by atoms with Gasteiger partial charge in [-0.25, -0.2) is 18.0 Å². The number of hydrogen-bond acceptors (Lipinski definition) is 6. The second kappa shape index (κ2) is 16.3. The van der Waals surface area contributed by atoms with Crippen molar-refractivity contribution in [3.05, 3.63) is 12.2 Å². The first-order valence-corrected chi connectivity index (χ1v) is 17.1. The van der Waals surface area contributed by atoms with Gasteiger partial charge in [0.1, 0.15) is 12.1 Å². The fraction of sp³-hybridized carbons (Fsp3) is 0.800. The minimum Gasteiger partial charge on any atom is -0.480 e. The second-order valence-electron chi connectivity index (χ2n) is 12.7. The first kappa shape index (κ1) is 35.6. The fourth-order valence-electron chi connectivity index (χ4n) is 5.53. The van der Waals surface area contributed by atoms with E-state index < -0.39 is 56.0 Å². The molecule has 0 aromatic heterocycles. The van der Waals surface area contributed by atoms with Gasteiger partial charge in [-0.3, -0.25) is 9.59 Å². The Morgan fingerprint density at radius 2 is 1.69 bits per heavy atom. The summed E-state index contributed by atoms with van der Waals surface area (Å²) < 4.78 is 25.0. The molecule has 0 bridgehead atoms. The lowest BCUT2D eigenvalue weighted by molar-refractivity contribution is -0.143. The van der Waals surface area contributed by atoms with Gasteiger partial charge in [-0.05, 0) is 72.1 Å². The van der Waals surface area contributed by atoms with Gasteiger partial charge in [0, 0.05) is 6.54 Å². The summed E-state index contributed by atoms with van der Waals surface area (Å²) in [4.78, 5) is 52.0. The van der Waals surface area contributed by atoms with Crippen LogP contribution in [0, 0.1) is 0 Å². The number of likely N-dealkylation sites (tertiary alicyclic amines) is 1. The van der Waals surface area contributed by atoms with Crippen LogP contribution in [0.15, 0.2) is 12.2 Å².